The van der Waals surface area contributed by atoms with E-state index in [9.17, 15) is 18.0 Å². The van der Waals surface area contributed by atoms with Gasteiger partial charge in [-0.3, -0.25) is 0 Å². The molecule has 0 bridgehead atoms. The van der Waals surface area contributed by atoms with E-state index in [1.807, 2.05) is 30.3 Å². The number of rotatable bonds is 6. The molecular formula is C21H15F3O4. The molecule has 0 amide bonds. The van der Waals surface area contributed by atoms with Crippen LogP contribution in [0.15, 0.2) is 72.8 Å². The third-order valence-corrected chi connectivity index (χ3v) is 3.85. The summed E-state index contributed by atoms with van der Waals surface area (Å²) >= 11 is 0. The van der Waals surface area contributed by atoms with Crippen LogP contribution < -0.4 is 9.47 Å². The topological polar surface area (TPSA) is 55.8 Å². The summed E-state index contributed by atoms with van der Waals surface area (Å²) < 4.78 is 47.4. The average molecular weight is 388 g/mol. The Morgan fingerprint density at radius 1 is 0.893 bits per heavy atom. The average Bonchev–Trinajstić information content (AvgIpc) is 2.66. The van der Waals surface area contributed by atoms with Gasteiger partial charge in [-0.1, -0.05) is 48.5 Å². The lowest BCUT2D eigenvalue weighted by Gasteiger charge is -2.13. The number of halogens is 3. The van der Waals surface area contributed by atoms with Crippen molar-refractivity contribution in [2.24, 2.45) is 0 Å². The molecule has 3 rings (SSSR count). The normalized spacial score (nSPS) is 11.1. The van der Waals surface area contributed by atoms with Gasteiger partial charge in [0.25, 0.3) is 0 Å². The Kier molecular flexibility index (Phi) is 5.54. The summed E-state index contributed by atoms with van der Waals surface area (Å²) in [6.45, 7) is 0.338. The number of alkyl halides is 3. The van der Waals surface area contributed by atoms with E-state index >= 15 is 0 Å². The molecule has 0 aromatic heterocycles. The highest BCUT2D eigenvalue weighted by atomic mass is 19.4. The first-order valence-corrected chi connectivity index (χ1v) is 8.22. The van der Waals surface area contributed by atoms with Crippen LogP contribution in [0.4, 0.5) is 13.2 Å². The molecule has 0 aliphatic rings. The van der Waals surface area contributed by atoms with Gasteiger partial charge in [0.15, 0.2) is 0 Å². The number of carboxylic acid groups (broad SMARTS) is 1. The second kappa shape index (κ2) is 8.04. The molecule has 0 spiro atoms. The number of aromatic carboxylic acids is 1. The van der Waals surface area contributed by atoms with Crippen molar-refractivity contribution < 1.29 is 32.5 Å². The lowest BCUT2D eigenvalue weighted by Crippen LogP contribution is -2.19. The molecule has 0 atom stereocenters. The fourth-order valence-corrected chi connectivity index (χ4v) is 2.59. The van der Waals surface area contributed by atoms with E-state index < -0.39 is 23.6 Å². The van der Waals surface area contributed by atoms with Gasteiger partial charge in [0.2, 0.25) is 0 Å². The summed E-state index contributed by atoms with van der Waals surface area (Å²) in [4.78, 5) is 11.2. The van der Waals surface area contributed by atoms with Crippen molar-refractivity contribution in [1.82, 2.24) is 0 Å². The van der Waals surface area contributed by atoms with Crippen molar-refractivity contribution >= 4 is 5.97 Å². The van der Waals surface area contributed by atoms with Crippen molar-refractivity contribution in [3.8, 4) is 22.6 Å². The van der Waals surface area contributed by atoms with E-state index in [1.54, 1.807) is 24.3 Å². The lowest BCUT2D eigenvalue weighted by atomic mass is 10.0. The number of ether oxygens (including phenoxy) is 2. The van der Waals surface area contributed by atoms with Crippen molar-refractivity contribution in [3.63, 3.8) is 0 Å². The Bertz CT molecular complexity index is 969. The van der Waals surface area contributed by atoms with Gasteiger partial charge in [0.1, 0.15) is 23.7 Å². The van der Waals surface area contributed by atoms with Crippen molar-refractivity contribution in [1.29, 1.82) is 0 Å². The highest BCUT2D eigenvalue weighted by Gasteiger charge is 2.33. The largest absolute Gasteiger partial charge is 0.573 e. The predicted molar refractivity (Wildman–Crippen MR) is 96.3 cm³/mol. The maximum Gasteiger partial charge on any atom is 0.573 e. The summed E-state index contributed by atoms with van der Waals surface area (Å²) in [7, 11) is 0. The molecular weight excluding hydrogens is 373 g/mol. The zero-order valence-electron chi connectivity index (χ0n) is 14.4. The number of carbonyl (C=O) groups is 1. The minimum absolute atomic E-state index is 0.338. The Morgan fingerprint density at radius 2 is 1.61 bits per heavy atom. The molecule has 0 radical (unpaired) electrons. The van der Waals surface area contributed by atoms with Gasteiger partial charge in [0, 0.05) is 0 Å². The van der Waals surface area contributed by atoms with Crippen molar-refractivity contribution in [2.75, 3.05) is 0 Å². The number of hydrogen-bond acceptors (Lipinski definition) is 3. The van der Waals surface area contributed by atoms with Crippen LogP contribution in [0.2, 0.25) is 0 Å². The Hall–Kier alpha value is -3.48. The molecule has 0 saturated heterocycles. The number of carboxylic acids is 1. The zero-order chi connectivity index (χ0) is 20.1. The third-order valence-electron chi connectivity index (χ3n) is 3.85. The molecule has 3 aromatic rings. The highest BCUT2D eigenvalue weighted by Crippen LogP contribution is 2.32. The maximum absolute atomic E-state index is 12.6. The van der Waals surface area contributed by atoms with Gasteiger partial charge in [-0.05, 0) is 41.0 Å². The van der Waals surface area contributed by atoms with Gasteiger partial charge in [-0.25, -0.2) is 4.79 Å². The van der Waals surface area contributed by atoms with Crippen LogP contribution in [0.25, 0.3) is 11.1 Å². The van der Waals surface area contributed by atoms with Crippen LogP contribution in [-0.4, -0.2) is 17.4 Å². The lowest BCUT2D eigenvalue weighted by molar-refractivity contribution is -0.274. The molecule has 0 aliphatic heterocycles. The van der Waals surface area contributed by atoms with Gasteiger partial charge in [-0.2, -0.15) is 0 Å². The maximum atomic E-state index is 12.6. The van der Waals surface area contributed by atoms with Crippen LogP contribution in [0.5, 0.6) is 11.5 Å². The predicted octanol–water partition coefficient (Wildman–Crippen LogP) is 5.53. The standard InChI is InChI=1S/C21H15F3O4/c22-21(23,24)28-19-12-16(9-10-18(19)20(25)26)15-7-4-8-17(11-15)27-13-14-5-2-1-3-6-14/h1-12H,13H2,(H,25,26). The highest BCUT2D eigenvalue weighted by molar-refractivity contribution is 5.92. The molecule has 0 unspecified atom stereocenters. The smallest absolute Gasteiger partial charge is 0.489 e. The molecule has 0 fully saturated rings. The molecule has 144 valence electrons. The van der Waals surface area contributed by atoms with Crippen LogP contribution in [0.3, 0.4) is 0 Å². The van der Waals surface area contributed by atoms with Crippen molar-refractivity contribution in [3.05, 3.63) is 83.9 Å². The second-order valence-corrected chi connectivity index (χ2v) is 5.87. The molecule has 0 saturated carbocycles. The van der Waals surface area contributed by atoms with Crippen LogP contribution in [0.1, 0.15) is 15.9 Å². The monoisotopic (exact) mass is 388 g/mol. The SMILES string of the molecule is O=C(O)c1ccc(-c2cccc(OCc3ccccc3)c2)cc1OC(F)(F)F. The molecule has 0 heterocycles. The second-order valence-electron chi connectivity index (χ2n) is 5.87. The summed E-state index contributed by atoms with van der Waals surface area (Å²) in [6.07, 6.45) is -5.00. The summed E-state index contributed by atoms with van der Waals surface area (Å²) in [5.41, 5.74) is 1.33. The first kappa shape index (κ1) is 19.3. The van der Waals surface area contributed by atoms with E-state index in [1.165, 1.54) is 6.07 Å². The van der Waals surface area contributed by atoms with Gasteiger partial charge < -0.3 is 14.6 Å². The number of benzene rings is 3. The van der Waals surface area contributed by atoms with E-state index in [2.05, 4.69) is 4.74 Å². The Labute approximate surface area is 158 Å². The minimum atomic E-state index is -5.00. The van der Waals surface area contributed by atoms with E-state index in [4.69, 9.17) is 9.84 Å². The fourth-order valence-electron chi connectivity index (χ4n) is 2.59. The quantitative estimate of drug-likeness (QED) is 0.603. The third kappa shape index (κ3) is 5.03. The van der Waals surface area contributed by atoms with Crippen molar-refractivity contribution in [2.45, 2.75) is 13.0 Å². The van der Waals surface area contributed by atoms with Gasteiger partial charge >= 0.3 is 12.3 Å². The van der Waals surface area contributed by atoms with Crippen LogP contribution in [-0.2, 0) is 6.61 Å². The van der Waals surface area contributed by atoms with Crippen LogP contribution in [0, 0.1) is 0 Å². The fraction of sp³-hybridized carbons (Fsp3) is 0.0952. The minimum Gasteiger partial charge on any atom is -0.489 e. The first-order chi connectivity index (χ1) is 13.3. The Balaban J connectivity index is 1.86. The van der Waals surface area contributed by atoms with Gasteiger partial charge in [0.05, 0.1) is 0 Å². The zero-order valence-corrected chi connectivity index (χ0v) is 14.4. The van der Waals surface area contributed by atoms with E-state index in [0.29, 0.717) is 23.5 Å². The summed E-state index contributed by atoms with van der Waals surface area (Å²) in [5, 5.41) is 9.08. The first-order valence-electron chi connectivity index (χ1n) is 8.22. The summed E-state index contributed by atoms with van der Waals surface area (Å²) in [6, 6.07) is 19.8. The Morgan fingerprint density at radius 3 is 2.29 bits per heavy atom. The molecule has 4 nitrogen and oxygen atoms in total. The van der Waals surface area contributed by atoms with E-state index in [0.717, 1.165) is 17.7 Å². The molecule has 1 N–H and O–H groups in total. The molecule has 3 aromatic carbocycles. The number of hydrogen-bond donors (Lipinski definition) is 1. The molecule has 28 heavy (non-hydrogen) atoms. The summed E-state index contributed by atoms with van der Waals surface area (Å²) in [5.74, 6) is -1.75. The van der Waals surface area contributed by atoms with E-state index in [-0.39, 0.29) is 0 Å². The van der Waals surface area contributed by atoms with Gasteiger partial charge in [-0.15, -0.1) is 13.2 Å². The molecule has 0 aliphatic carbocycles. The molecule has 7 heteroatoms. The van der Waals surface area contributed by atoms with Crippen LogP contribution >= 0.6 is 0 Å².